The van der Waals surface area contributed by atoms with Crippen LogP contribution in [0.3, 0.4) is 0 Å². The Morgan fingerprint density at radius 3 is 2.71 bits per heavy atom. The van der Waals surface area contributed by atoms with Crippen molar-refractivity contribution in [1.82, 2.24) is 9.97 Å². The molecule has 0 spiro atoms. The van der Waals surface area contributed by atoms with Gasteiger partial charge < -0.3 is 4.98 Å². The van der Waals surface area contributed by atoms with E-state index in [4.69, 9.17) is 0 Å². The Labute approximate surface area is 91.5 Å². The molecule has 2 aromatic rings. The van der Waals surface area contributed by atoms with Crippen LogP contribution in [0.25, 0.3) is 0 Å². The van der Waals surface area contributed by atoms with Crippen molar-refractivity contribution in [2.75, 3.05) is 0 Å². The SMILES string of the molecule is BrC(Cc1ncc[nH]1)c1ccccc1. The van der Waals surface area contributed by atoms with Gasteiger partial charge >= 0.3 is 0 Å². The Kier molecular flexibility index (Phi) is 2.99. The van der Waals surface area contributed by atoms with Crippen LogP contribution >= 0.6 is 15.9 Å². The molecule has 3 heteroatoms. The number of aromatic nitrogens is 2. The van der Waals surface area contributed by atoms with Crippen LogP contribution in [0, 0.1) is 0 Å². The van der Waals surface area contributed by atoms with E-state index < -0.39 is 0 Å². The minimum atomic E-state index is 0.329. The lowest BCUT2D eigenvalue weighted by atomic mass is 10.1. The van der Waals surface area contributed by atoms with E-state index in [0.717, 1.165) is 12.2 Å². The van der Waals surface area contributed by atoms with E-state index in [2.05, 4.69) is 38.0 Å². The van der Waals surface area contributed by atoms with Crippen molar-refractivity contribution in [3.63, 3.8) is 0 Å². The van der Waals surface area contributed by atoms with Gasteiger partial charge in [-0.05, 0) is 5.56 Å². The standard InChI is InChI=1S/C11H11BrN2/c12-10(8-11-13-6-7-14-11)9-4-2-1-3-5-9/h1-7,10H,8H2,(H,13,14). The molecule has 0 saturated heterocycles. The first kappa shape index (κ1) is 9.46. The Balaban J connectivity index is 2.07. The molecule has 0 bridgehead atoms. The topological polar surface area (TPSA) is 28.7 Å². The van der Waals surface area contributed by atoms with Crippen molar-refractivity contribution in [2.45, 2.75) is 11.2 Å². The van der Waals surface area contributed by atoms with Crippen LogP contribution in [0.5, 0.6) is 0 Å². The van der Waals surface area contributed by atoms with Crippen LogP contribution in [0.2, 0.25) is 0 Å². The number of nitrogens with one attached hydrogen (secondary N) is 1. The zero-order chi connectivity index (χ0) is 9.80. The van der Waals surface area contributed by atoms with Crippen molar-refractivity contribution in [3.05, 3.63) is 54.1 Å². The summed E-state index contributed by atoms with van der Waals surface area (Å²) in [5.74, 6) is 1.01. The molecule has 0 radical (unpaired) electrons. The first-order valence-electron chi connectivity index (χ1n) is 4.53. The Morgan fingerprint density at radius 1 is 1.29 bits per heavy atom. The van der Waals surface area contributed by atoms with Gasteiger partial charge in [-0.1, -0.05) is 46.3 Å². The molecule has 1 atom stereocenters. The molecule has 1 heterocycles. The summed E-state index contributed by atoms with van der Waals surface area (Å²) in [5.41, 5.74) is 1.28. The van der Waals surface area contributed by atoms with Crippen molar-refractivity contribution >= 4 is 15.9 Å². The zero-order valence-electron chi connectivity index (χ0n) is 7.65. The fourth-order valence-electron chi connectivity index (χ4n) is 1.36. The predicted octanol–water partition coefficient (Wildman–Crippen LogP) is 3.09. The van der Waals surface area contributed by atoms with Crippen molar-refractivity contribution in [1.29, 1.82) is 0 Å². The number of imidazole rings is 1. The molecule has 2 rings (SSSR count). The summed E-state index contributed by atoms with van der Waals surface area (Å²) < 4.78 is 0. The van der Waals surface area contributed by atoms with Crippen LogP contribution < -0.4 is 0 Å². The van der Waals surface area contributed by atoms with Gasteiger partial charge in [-0.15, -0.1) is 0 Å². The van der Waals surface area contributed by atoms with Crippen molar-refractivity contribution < 1.29 is 0 Å². The van der Waals surface area contributed by atoms with Crippen LogP contribution in [0.1, 0.15) is 16.2 Å². The minimum Gasteiger partial charge on any atom is -0.349 e. The Hall–Kier alpha value is -1.09. The molecule has 1 unspecified atom stereocenters. The fraction of sp³-hybridized carbons (Fsp3) is 0.182. The van der Waals surface area contributed by atoms with Crippen molar-refractivity contribution in [3.8, 4) is 0 Å². The van der Waals surface area contributed by atoms with E-state index in [9.17, 15) is 0 Å². The van der Waals surface area contributed by atoms with E-state index in [0.29, 0.717) is 4.83 Å². The fourth-order valence-corrected chi connectivity index (χ4v) is 1.97. The van der Waals surface area contributed by atoms with Crippen LogP contribution in [-0.4, -0.2) is 9.97 Å². The van der Waals surface area contributed by atoms with Gasteiger partial charge in [0.25, 0.3) is 0 Å². The molecule has 1 N–H and O–H groups in total. The first-order chi connectivity index (χ1) is 6.86. The molecule has 0 aliphatic heterocycles. The largest absolute Gasteiger partial charge is 0.349 e. The maximum Gasteiger partial charge on any atom is 0.107 e. The third-order valence-corrected chi connectivity index (χ3v) is 2.94. The minimum absolute atomic E-state index is 0.329. The number of hydrogen-bond donors (Lipinski definition) is 1. The lowest BCUT2D eigenvalue weighted by Crippen LogP contribution is -1.96. The summed E-state index contributed by atoms with van der Waals surface area (Å²) >= 11 is 3.65. The Bertz CT molecular complexity index is 369. The Morgan fingerprint density at radius 2 is 2.07 bits per heavy atom. The second-order valence-electron chi connectivity index (χ2n) is 3.12. The quantitative estimate of drug-likeness (QED) is 0.834. The third-order valence-electron chi connectivity index (χ3n) is 2.09. The zero-order valence-corrected chi connectivity index (χ0v) is 9.24. The summed E-state index contributed by atoms with van der Waals surface area (Å²) in [4.78, 5) is 7.62. The van der Waals surface area contributed by atoms with Gasteiger partial charge in [-0.25, -0.2) is 4.98 Å². The highest BCUT2D eigenvalue weighted by Gasteiger charge is 2.08. The van der Waals surface area contributed by atoms with Gasteiger partial charge in [-0.3, -0.25) is 0 Å². The second kappa shape index (κ2) is 4.42. The predicted molar refractivity (Wildman–Crippen MR) is 60.4 cm³/mol. The monoisotopic (exact) mass is 250 g/mol. The molecule has 72 valence electrons. The van der Waals surface area contributed by atoms with Gasteiger partial charge in [0.2, 0.25) is 0 Å². The third kappa shape index (κ3) is 2.23. The van der Waals surface area contributed by atoms with Crippen LogP contribution in [-0.2, 0) is 6.42 Å². The normalized spacial score (nSPS) is 12.6. The molecular formula is C11H11BrN2. The lowest BCUT2D eigenvalue weighted by molar-refractivity contribution is 0.876. The number of nitrogens with zero attached hydrogens (tertiary/aromatic N) is 1. The molecule has 1 aromatic carbocycles. The number of aromatic amines is 1. The molecule has 14 heavy (non-hydrogen) atoms. The lowest BCUT2D eigenvalue weighted by Gasteiger charge is -2.07. The van der Waals surface area contributed by atoms with E-state index in [1.165, 1.54) is 5.56 Å². The average molecular weight is 251 g/mol. The van der Waals surface area contributed by atoms with E-state index >= 15 is 0 Å². The van der Waals surface area contributed by atoms with Crippen LogP contribution in [0.15, 0.2) is 42.7 Å². The van der Waals surface area contributed by atoms with Crippen LogP contribution in [0.4, 0.5) is 0 Å². The smallest absolute Gasteiger partial charge is 0.107 e. The first-order valence-corrected chi connectivity index (χ1v) is 5.45. The van der Waals surface area contributed by atoms with Crippen molar-refractivity contribution in [2.24, 2.45) is 0 Å². The van der Waals surface area contributed by atoms with Gasteiger partial charge in [0.05, 0.1) is 0 Å². The van der Waals surface area contributed by atoms with E-state index in [-0.39, 0.29) is 0 Å². The maximum absolute atomic E-state index is 4.20. The molecule has 1 aromatic heterocycles. The molecule has 0 amide bonds. The summed E-state index contributed by atoms with van der Waals surface area (Å²) in [7, 11) is 0. The molecular weight excluding hydrogens is 240 g/mol. The number of alkyl halides is 1. The van der Waals surface area contributed by atoms with Gasteiger partial charge in [-0.2, -0.15) is 0 Å². The van der Waals surface area contributed by atoms with E-state index in [1.807, 2.05) is 24.4 Å². The molecule has 0 saturated carbocycles. The highest BCUT2D eigenvalue weighted by molar-refractivity contribution is 9.09. The van der Waals surface area contributed by atoms with Gasteiger partial charge in [0.1, 0.15) is 5.82 Å². The molecule has 0 fully saturated rings. The number of H-pyrrole nitrogens is 1. The van der Waals surface area contributed by atoms with Gasteiger partial charge in [0, 0.05) is 23.6 Å². The summed E-state index contributed by atoms with van der Waals surface area (Å²) in [6.45, 7) is 0. The summed E-state index contributed by atoms with van der Waals surface area (Å²) in [5, 5.41) is 0. The van der Waals surface area contributed by atoms with Gasteiger partial charge in [0.15, 0.2) is 0 Å². The highest BCUT2D eigenvalue weighted by Crippen LogP contribution is 2.25. The number of benzene rings is 1. The second-order valence-corrected chi connectivity index (χ2v) is 4.22. The number of hydrogen-bond acceptors (Lipinski definition) is 1. The number of halogens is 1. The summed E-state index contributed by atoms with van der Waals surface area (Å²) in [6.07, 6.45) is 4.51. The molecule has 2 nitrogen and oxygen atoms in total. The number of rotatable bonds is 3. The maximum atomic E-state index is 4.20. The molecule has 0 aliphatic carbocycles. The van der Waals surface area contributed by atoms with E-state index in [1.54, 1.807) is 6.20 Å². The highest BCUT2D eigenvalue weighted by atomic mass is 79.9. The average Bonchev–Trinajstić information content (AvgIpc) is 2.72. The summed E-state index contributed by atoms with van der Waals surface area (Å²) in [6, 6.07) is 10.3. The molecule has 0 aliphatic rings.